The minimum Gasteiger partial charge on any atom is -0.497 e. The van der Waals surface area contributed by atoms with Crippen molar-refractivity contribution in [1.29, 1.82) is 0 Å². The maximum absolute atomic E-state index is 13.0. The van der Waals surface area contributed by atoms with Gasteiger partial charge in [-0.25, -0.2) is 8.42 Å². The molecule has 0 unspecified atom stereocenters. The minimum absolute atomic E-state index is 0.0609. The zero-order valence-electron chi connectivity index (χ0n) is 18.0. The third kappa shape index (κ3) is 5.28. The van der Waals surface area contributed by atoms with E-state index in [1.165, 1.54) is 18.2 Å². The van der Waals surface area contributed by atoms with E-state index >= 15 is 0 Å². The van der Waals surface area contributed by atoms with Crippen molar-refractivity contribution in [2.24, 2.45) is 0 Å². The minimum atomic E-state index is -3.97. The van der Waals surface area contributed by atoms with Crippen molar-refractivity contribution in [2.45, 2.75) is 11.4 Å². The Morgan fingerprint density at radius 3 is 2.29 bits per heavy atom. The summed E-state index contributed by atoms with van der Waals surface area (Å²) >= 11 is 11.9. The topological polar surface area (TPSA) is 84.5 Å². The van der Waals surface area contributed by atoms with Crippen molar-refractivity contribution in [3.05, 3.63) is 100 Å². The van der Waals surface area contributed by atoms with Crippen LogP contribution < -0.4 is 14.8 Å². The van der Waals surface area contributed by atoms with Gasteiger partial charge in [-0.2, -0.15) is 0 Å². The molecule has 0 aliphatic heterocycles. The van der Waals surface area contributed by atoms with Crippen LogP contribution in [0.5, 0.6) is 5.75 Å². The molecule has 0 saturated carbocycles. The Bertz CT molecular complexity index is 1470. The Labute approximate surface area is 207 Å². The van der Waals surface area contributed by atoms with Crippen LogP contribution in [0.25, 0.3) is 10.8 Å². The fourth-order valence-electron chi connectivity index (χ4n) is 3.54. The molecule has 34 heavy (non-hydrogen) atoms. The van der Waals surface area contributed by atoms with E-state index in [4.69, 9.17) is 27.9 Å². The fourth-order valence-corrected chi connectivity index (χ4v) is 5.35. The highest BCUT2D eigenvalue weighted by atomic mass is 35.5. The third-order valence-electron chi connectivity index (χ3n) is 5.14. The van der Waals surface area contributed by atoms with Crippen LogP contribution in [0, 0.1) is 0 Å². The fraction of sp³-hybridized carbons (Fsp3) is 0.0800. The summed E-state index contributed by atoms with van der Waals surface area (Å²) in [5, 5.41) is 4.50. The molecule has 9 heteroatoms. The van der Waals surface area contributed by atoms with Crippen LogP contribution in [0.1, 0.15) is 15.9 Å². The lowest BCUT2D eigenvalue weighted by Crippen LogP contribution is -2.23. The van der Waals surface area contributed by atoms with Gasteiger partial charge in [-0.1, -0.05) is 59.6 Å². The van der Waals surface area contributed by atoms with Crippen molar-refractivity contribution in [2.75, 3.05) is 11.8 Å². The van der Waals surface area contributed by atoms with Gasteiger partial charge in [0.05, 0.1) is 17.7 Å². The Morgan fingerprint density at radius 2 is 1.56 bits per heavy atom. The number of sulfonamides is 1. The largest absolute Gasteiger partial charge is 0.497 e. The average Bonchev–Trinajstić information content (AvgIpc) is 2.82. The number of benzene rings is 4. The summed E-state index contributed by atoms with van der Waals surface area (Å²) in [4.78, 5) is 12.9. The van der Waals surface area contributed by atoms with Crippen LogP contribution in [0.2, 0.25) is 10.0 Å². The zero-order chi connectivity index (χ0) is 24.3. The van der Waals surface area contributed by atoms with Crippen LogP contribution in [-0.2, 0) is 16.6 Å². The van der Waals surface area contributed by atoms with Crippen LogP contribution in [-0.4, -0.2) is 21.4 Å². The molecule has 0 radical (unpaired) electrons. The quantitative estimate of drug-likeness (QED) is 0.322. The maximum Gasteiger partial charge on any atom is 0.262 e. The highest BCUT2D eigenvalue weighted by Gasteiger charge is 2.18. The summed E-state index contributed by atoms with van der Waals surface area (Å²) < 4.78 is 33.7. The monoisotopic (exact) mass is 514 g/mol. The van der Waals surface area contributed by atoms with Gasteiger partial charge >= 0.3 is 0 Å². The number of fused-ring (bicyclic) bond motifs is 1. The lowest BCUT2D eigenvalue weighted by molar-refractivity contribution is 0.0952. The highest BCUT2D eigenvalue weighted by molar-refractivity contribution is 7.92. The number of hydrogen-bond donors (Lipinski definition) is 2. The van der Waals surface area contributed by atoms with E-state index in [1.807, 2.05) is 24.3 Å². The van der Waals surface area contributed by atoms with E-state index in [2.05, 4.69) is 10.0 Å². The van der Waals surface area contributed by atoms with Gasteiger partial charge in [-0.05, 0) is 53.4 Å². The highest BCUT2D eigenvalue weighted by Crippen LogP contribution is 2.30. The number of carbonyl (C=O) groups excluding carboxylic acids is 1. The van der Waals surface area contributed by atoms with Crippen molar-refractivity contribution in [3.63, 3.8) is 0 Å². The third-order valence-corrected chi connectivity index (χ3v) is 6.93. The normalized spacial score (nSPS) is 11.3. The predicted molar refractivity (Wildman–Crippen MR) is 135 cm³/mol. The van der Waals surface area contributed by atoms with Gasteiger partial charge in [0, 0.05) is 27.5 Å². The molecule has 6 nitrogen and oxygen atoms in total. The van der Waals surface area contributed by atoms with E-state index in [0.29, 0.717) is 34.3 Å². The second-order valence-corrected chi connectivity index (χ2v) is 10.0. The molecule has 0 fully saturated rings. The molecule has 1 amide bonds. The number of rotatable bonds is 7. The van der Waals surface area contributed by atoms with Gasteiger partial charge in [0.2, 0.25) is 0 Å². The van der Waals surface area contributed by atoms with E-state index < -0.39 is 10.0 Å². The number of halogens is 2. The number of amides is 1. The first-order chi connectivity index (χ1) is 16.3. The van der Waals surface area contributed by atoms with E-state index in [-0.39, 0.29) is 20.8 Å². The molecule has 174 valence electrons. The summed E-state index contributed by atoms with van der Waals surface area (Å²) in [6.07, 6.45) is 0. The number of nitrogens with one attached hydrogen (secondary N) is 2. The first-order valence-corrected chi connectivity index (χ1v) is 12.4. The first kappa shape index (κ1) is 23.9. The van der Waals surface area contributed by atoms with Gasteiger partial charge in [-0.15, -0.1) is 0 Å². The molecule has 0 spiro atoms. The molecule has 0 aromatic heterocycles. The lowest BCUT2D eigenvalue weighted by Gasteiger charge is -2.14. The number of anilines is 1. The number of ether oxygens (including phenoxy) is 1. The molecule has 0 heterocycles. The van der Waals surface area contributed by atoms with Crippen molar-refractivity contribution >= 4 is 55.6 Å². The van der Waals surface area contributed by atoms with Gasteiger partial charge in [-0.3, -0.25) is 9.52 Å². The molecule has 2 N–H and O–H groups in total. The first-order valence-electron chi connectivity index (χ1n) is 10.2. The van der Waals surface area contributed by atoms with Gasteiger partial charge in [0.25, 0.3) is 15.9 Å². The average molecular weight is 515 g/mol. The van der Waals surface area contributed by atoms with Crippen LogP contribution in [0.3, 0.4) is 0 Å². The number of hydrogen-bond acceptors (Lipinski definition) is 4. The molecule has 0 aliphatic rings. The van der Waals surface area contributed by atoms with Gasteiger partial charge in [0.1, 0.15) is 5.75 Å². The molecule has 4 aromatic rings. The molecule has 0 saturated heterocycles. The summed E-state index contributed by atoms with van der Waals surface area (Å²) in [6, 6.07) is 21.7. The Balaban J connectivity index is 1.62. The molecule has 4 rings (SSSR count). The Hall–Kier alpha value is -3.26. The van der Waals surface area contributed by atoms with Gasteiger partial charge in [0.15, 0.2) is 0 Å². The summed E-state index contributed by atoms with van der Waals surface area (Å²) in [5.41, 5.74) is 1.64. The lowest BCUT2D eigenvalue weighted by atomic mass is 10.0. The maximum atomic E-state index is 13.0. The second kappa shape index (κ2) is 9.93. The molecular weight excluding hydrogens is 495 g/mol. The van der Waals surface area contributed by atoms with Crippen molar-refractivity contribution in [3.8, 4) is 5.75 Å². The van der Waals surface area contributed by atoms with E-state index in [9.17, 15) is 13.2 Å². The molecule has 0 atom stereocenters. The summed E-state index contributed by atoms with van der Waals surface area (Å²) in [5.74, 6) is 0.421. The van der Waals surface area contributed by atoms with Crippen LogP contribution >= 0.6 is 23.2 Å². The predicted octanol–water partition coefficient (Wildman–Crippen LogP) is 5.89. The molecule has 0 bridgehead atoms. The molecular formula is C25H20Cl2N2O4S. The standard InChI is InChI=1S/C25H20Cl2N2O4S/c1-33-19-6-2-5-16(11-19)15-28-25(30)23-9-3-8-22-21(23)7-4-10-24(22)29-34(31,32)20-13-17(26)12-18(27)14-20/h2-14,29H,15H2,1H3,(H,28,30). The van der Waals surface area contributed by atoms with E-state index in [0.717, 1.165) is 5.56 Å². The zero-order valence-corrected chi connectivity index (χ0v) is 20.3. The second-order valence-electron chi connectivity index (χ2n) is 7.45. The number of carbonyl (C=O) groups is 1. The molecule has 0 aliphatic carbocycles. The van der Waals surface area contributed by atoms with Crippen LogP contribution in [0.4, 0.5) is 5.69 Å². The van der Waals surface area contributed by atoms with Crippen molar-refractivity contribution in [1.82, 2.24) is 5.32 Å². The smallest absolute Gasteiger partial charge is 0.262 e. The van der Waals surface area contributed by atoms with Gasteiger partial charge < -0.3 is 10.1 Å². The van der Waals surface area contributed by atoms with E-state index in [1.54, 1.807) is 43.5 Å². The Morgan fingerprint density at radius 1 is 0.882 bits per heavy atom. The number of methoxy groups -OCH3 is 1. The van der Waals surface area contributed by atoms with Crippen LogP contribution in [0.15, 0.2) is 83.8 Å². The summed E-state index contributed by atoms with van der Waals surface area (Å²) in [7, 11) is -2.38. The van der Waals surface area contributed by atoms with Crippen molar-refractivity contribution < 1.29 is 17.9 Å². The summed E-state index contributed by atoms with van der Waals surface area (Å²) in [6.45, 7) is 0.314. The Kier molecular flexibility index (Phi) is 6.97. The molecule has 4 aromatic carbocycles. The SMILES string of the molecule is COc1cccc(CNC(=O)c2cccc3c(NS(=O)(=O)c4cc(Cl)cc(Cl)c4)cccc23)c1.